The molecule has 1 N–H and O–H groups in total. The van der Waals surface area contributed by atoms with Gasteiger partial charge in [0, 0.05) is 17.0 Å². The Hall–Kier alpha value is -2.53. The van der Waals surface area contributed by atoms with Crippen molar-refractivity contribution in [2.45, 2.75) is 52.2 Å². The zero-order valence-electron chi connectivity index (χ0n) is 19.5. The van der Waals surface area contributed by atoms with E-state index in [1.54, 1.807) is 19.2 Å². The Morgan fingerprint density at radius 1 is 1.09 bits per heavy atom. The highest BCUT2D eigenvalue weighted by Crippen LogP contribution is 2.69. The summed E-state index contributed by atoms with van der Waals surface area (Å²) >= 11 is 0. The molecule has 170 valence electrons. The van der Waals surface area contributed by atoms with Gasteiger partial charge in [0.2, 0.25) is 5.78 Å². The molecule has 1 aliphatic heterocycles. The first kappa shape index (κ1) is 21.3. The van der Waals surface area contributed by atoms with Crippen molar-refractivity contribution in [3.63, 3.8) is 0 Å². The van der Waals surface area contributed by atoms with E-state index in [1.165, 1.54) is 7.11 Å². The van der Waals surface area contributed by atoms with E-state index in [4.69, 9.17) is 14.2 Å². The summed E-state index contributed by atoms with van der Waals surface area (Å²) in [4.78, 5) is 13.6. The molecule has 0 spiro atoms. The average molecular weight is 437 g/mol. The number of carbonyl (C=O) groups is 1. The Morgan fingerprint density at radius 3 is 2.41 bits per heavy atom. The fourth-order valence-corrected chi connectivity index (χ4v) is 6.43. The molecule has 0 radical (unpaired) electrons. The summed E-state index contributed by atoms with van der Waals surface area (Å²) in [5.74, 6) is 3.01. The van der Waals surface area contributed by atoms with Crippen LogP contribution in [0.3, 0.4) is 0 Å². The monoisotopic (exact) mass is 436 g/mol. The highest BCUT2D eigenvalue weighted by molar-refractivity contribution is 6.13. The van der Waals surface area contributed by atoms with E-state index in [0.29, 0.717) is 51.2 Å². The Morgan fingerprint density at radius 2 is 1.78 bits per heavy atom. The molecule has 32 heavy (non-hydrogen) atoms. The lowest BCUT2D eigenvalue weighted by Gasteiger charge is -2.46. The number of ether oxygens (including phenoxy) is 3. The van der Waals surface area contributed by atoms with E-state index in [9.17, 15) is 9.90 Å². The molecule has 5 rings (SSSR count). The van der Waals surface area contributed by atoms with E-state index in [1.807, 2.05) is 18.2 Å². The minimum atomic E-state index is -0.299. The average Bonchev–Trinajstić information content (AvgIpc) is 3.31. The summed E-state index contributed by atoms with van der Waals surface area (Å²) in [5, 5.41) is 10.4. The van der Waals surface area contributed by atoms with Crippen molar-refractivity contribution in [1.29, 1.82) is 0 Å². The minimum absolute atomic E-state index is 0.183. The summed E-state index contributed by atoms with van der Waals surface area (Å²) in [6, 6.07) is 9.11. The van der Waals surface area contributed by atoms with Gasteiger partial charge in [-0.3, -0.25) is 4.79 Å². The van der Waals surface area contributed by atoms with E-state index >= 15 is 0 Å². The van der Waals surface area contributed by atoms with Gasteiger partial charge in [-0.05, 0) is 43.4 Å². The second kappa shape index (κ2) is 7.24. The third kappa shape index (κ3) is 2.90. The van der Waals surface area contributed by atoms with Gasteiger partial charge in [0.1, 0.15) is 28.4 Å². The van der Waals surface area contributed by atoms with Crippen LogP contribution in [0.4, 0.5) is 0 Å². The van der Waals surface area contributed by atoms with Gasteiger partial charge in [0.05, 0.1) is 26.4 Å². The van der Waals surface area contributed by atoms with Crippen molar-refractivity contribution in [2.75, 3.05) is 14.2 Å². The molecule has 2 saturated carbocycles. The van der Waals surface area contributed by atoms with Crippen LogP contribution in [0.1, 0.15) is 60.7 Å². The van der Waals surface area contributed by atoms with Crippen LogP contribution < -0.4 is 14.2 Å². The molecule has 4 atom stereocenters. The van der Waals surface area contributed by atoms with Crippen molar-refractivity contribution in [2.24, 2.45) is 23.2 Å². The number of rotatable bonds is 5. The smallest absolute Gasteiger partial charge is 0.200 e. The lowest BCUT2D eigenvalue weighted by atomic mass is 9.71. The maximum atomic E-state index is 13.6. The summed E-state index contributed by atoms with van der Waals surface area (Å²) in [6.45, 7) is 6.64. The Balaban J connectivity index is 1.67. The molecular formula is C27H32O5. The predicted octanol–water partition coefficient (Wildman–Crippen LogP) is 4.80. The summed E-state index contributed by atoms with van der Waals surface area (Å²) < 4.78 is 18.3. The molecular weight excluding hydrogens is 404 g/mol. The van der Waals surface area contributed by atoms with Crippen LogP contribution in [0.5, 0.6) is 17.2 Å². The normalized spacial score (nSPS) is 29.1. The third-order valence-corrected chi connectivity index (χ3v) is 8.48. The number of benzene rings is 2. The van der Waals surface area contributed by atoms with E-state index in [2.05, 4.69) is 20.8 Å². The molecule has 0 amide bonds. The lowest BCUT2D eigenvalue weighted by molar-refractivity contribution is -0.0277. The van der Waals surface area contributed by atoms with Gasteiger partial charge in [0.15, 0.2) is 0 Å². The minimum Gasteiger partial charge on any atom is -0.495 e. The molecule has 1 heterocycles. The molecule has 2 aromatic carbocycles. The maximum Gasteiger partial charge on any atom is 0.200 e. The van der Waals surface area contributed by atoms with E-state index in [-0.39, 0.29) is 18.0 Å². The molecule has 5 heteroatoms. The molecule has 0 bridgehead atoms. The van der Waals surface area contributed by atoms with E-state index < -0.39 is 0 Å². The number of hydrogen-bond donors (Lipinski definition) is 1. The van der Waals surface area contributed by atoms with Crippen LogP contribution in [0.15, 0.2) is 30.3 Å². The van der Waals surface area contributed by atoms with Crippen LogP contribution in [-0.2, 0) is 13.0 Å². The first-order valence-corrected chi connectivity index (χ1v) is 11.5. The zero-order valence-corrected chi connectivity index (χ0v) is 19.5. The van der Waals surface area contributed by atoms with Crippen molar-refractivity contribution in [3.05, 3.63) is 52.6 Å². The number of methoxy groups -OCH3 is 2. The number of aliphatic hydroxyl groups is 1. The summed E-state index contributed by atoms with van der Waals surface area (Å²) in [5.41, 5.74) is 2.36. The van der Waals surface area contributed by atoms with Gasteiger partial charge < -0.3 is 19.3 Å². The van der Waals surface area contributed by atoms with Crippen LogP contribution in [0.25, 0.3) is 0 Å². The van der Waals surface area contributed by atoms with Crippen molar-refractivity contribution >= 4 is 5.78 Å². The third-order valence-electron chi connectivity index (χ3n) is 8.48. The topological polar surface area (TPSA) is 65.0 Å². The van der Waals surface area contributed by atoms with Gasteiger partial charge in [-0.15, -0.1) is 0 Å². The number of hydrogen-bond acceptors (Lipinski definition) is 5. The van der Waals surface area contributed by atoms with Gasteiger partial charge in [-0.1, -0.05) is 44.2 Å². The SMILES string of the molecule is COc1c(CO)c2c(c(OC)c1C(=O)c1ccccc1)CC1C[C@@H]3[C@H](CC1(C)O2)C3(C)C. The number of fused-ring (bicyclic) bond motifs is 3. The Bertz CT molecular complexity index is 1070. The molecule has 2 unspecified atom stereocenters. The van der Waals surface area contributed by atoms with Crippen LogP contribution >= 0.6 is 0 Å². The van der Waals surface area contributed by atoms with Crippen molar-refractivity contribution in [1.82, 2.24) is 0 Å². The number of ketones is 1. The summed E-state index contributed by atoms with van der Waals surface area (Å²) in [7, 11) is 3.11. The largest absolute Gasteiger partial charge is 0.495 e. The second-order valence-electron chi connectivity index (χ2n) is 10.4. The molecule has 5 nitrogen and oxygen atoms in total. The first-order valence-electron chi connectivity index (χ1n) is 11.5. The van der Waals surface area contributed by atoms with E-state index in [0.717, 1.165) is 30.7 Å². The molecule has 0 aromatic heterocycles. The fourth-order valence-electron chi connectivity index (χ4n) is 6.43. The van der Waals surface area contributed by atoms with Crippen molar-refractivity contribution in [3.8, 4) is 17.2 Å². The van der Waals surface area contributed by atoms with Gasteiger partial charge in [-0.2, -0.15) is 0 Å². The maximum absolute atomic E-state index is 13.6. The fraction of sp³-hybridized carbons (Fsp3) is 0.519. The highest BCUT2D eigenvalue weighted by Gasteiger charge is 2.65. The van der Waals surface area contributed by atoms with Crippen LogP contribution in [0.2, 0.25) is 0 Å². The predicted molar refractivity (Wildman–Crippen MR) is 122 cm³/mol. The quantitative estimate of drug-likeness (QED) is 0.682. The second-order valence-corrected chi connectivity index (χ2v) is 10.4. The molecule has 3 aliphatic rings. The molecule has 2 fully saturated rings. The molecule has 0 saturated heterocycles. The number of aliphatic hydroxyl groups excluding tert-OH is 1. The summed E-state index contributed by atoms with van der Waals surface area (Å²) in [6.07, 6.45) is 2.88. The zero-order chi connectivity index (χ0) is 22.8. The molecule has 2 aliphatic carbocycles. The number of carbonyl (C=O) groups excluding carboxylic acids is 1. The van der Waals surface area contributed by atoms with Gasteiger partial charge in [0.25, 0.3) is 0 Å². The van der Waals surface area contributed by atoms with Crippen molar-refractivity contribution < 1.29 is 24.1 Å². The van der Waals surface area contributed by atoms with Gasteiger partial charge in [-0.25, -0.2) is 0 Å². The standard InChI is InChI=1S/C27H32O5/c1-26(2)19-12-16-11-17-23(32-27(16,3)13-20(19)26)18(14-28)25(31-5)21(24(17)30-4)22(29)15-9-7-6-8-10-15/h6-10,16,19-20,28H,11-14H2,1-5H3/t16?,19-,20+,27?/m1/s1. The highest BCUT2D eigenvalue weighted by atomic mass is 16.5. The first-order chi connectivity index (χ1) is 15.3. The Labute approximate surface area is 189 Å². The van der Waals surface area contributed by atoms with Crippen LogP contribution in [0, 0.1) is 23.2 Å². The van der Waals surface area contributed by atoms with Crippen LogP contribution in [-0.4, -0.2) is 30.7 Å². The molecule has 2 aromatic rings. The van der Waals surface area contributed by atoms with Gasteiger partial charge >= 0.3 is 0 Å². The lowest BCUT2D eigenvalue weighted by Crippen LogP contribution is -2.48. The Kier molecular flexibility index (Phi) is 4.82.